The number of carbonyl (C=O) groups excluding carboxylic acids is 1. The van der Waals surface area contributed by atoms with Gasteiger partial charge in [-0.3, -0.25) is 19.8 Å². The first-order valence-corrected chi connectivity index (χ1v) is 10.2. The number of hydrogen-bond donors (Lipinski definition) is 1. The summed E-state index contributed by atoms with van der Waals surface area (Å²) in [7, 11) is 0. The number of ether oxygens (including phenoxy) is 2. The Morgan fingerprint density at radius 2 is 1.93 bits per heavy atom. The summed E-state index contributed by atoms with van der Waals surface area (Å²) in [4.78, 5) is 25.2. The lowest BCUT2D eigenvalue weighted by molar-refractivity contribution is -0.384. The first kappa shape index (κ1) is 20.4. The lowest BCUT2D eigenvalue weighted by Crippen LogP contribution is -2.39. The van der Waals surface area contributed by atoms with Gasteiger partial charge in [-0.25, -0.2) is 0 Å². The number of amides is 1. The van der Waals surface area contributed by atoms with Crippen LogP contribution in [0.15, 0.2) is 36.4 Å². The third-order valence-corrected chi connectivity index (χ3v) is 5.76. The molecular formula is C21H22ClN3O5. The van der Waals surface area contributed by atoms with E-state index in [4.69, 9.17) is 21.1 Å². The summed E-state index contributed by atoms with van der Waals surface area (Å²) in [5.41, 5.74) is 1.29. The Labute approximate surface area is 178 Å². The summed E-state index contributed by atoms with van der Waals surface area (Å²) in [6.45, 7) is 1.04. The molecule has 0 spiro atoms. The van der Waals surface area contributed by atoms with Crippen LogP contribution in [0.5, 0.6) is 11.5 Å². The Morgan fingerprint density at radius 3 is 2.67 bits per heavy atom. The standard InChI is InChI=1S/C21H22ClN3O5/c22-17-10-16(25(27)28)6-7-18(17)23-21(26)12-24(15-3-1-2-4-15)11-14-5-8-19-20(9-14)30-13-29-19/h5-10,15H,1-4,11-13H2,(H,23,26). The number of non-ortho nitro benzene ring substituents is 1. The fraction of sp³-hybridized carbons (Fsp3) is 0.381. The summed E-state index contributed by atoms with van der Waals surface area (Å²) in [5.74, 6) is 1.25. The third kappa shape index (κ3) is 4.66. The number of fused-ring (bicyclic) bond motifs is 1. The highest BCUT2D eigenvalue weighted by Crippen LogP contribution is 2.34. The third-order valence-electron chi connectivity index (χ3n) is 5.45. The molecule has 2 aromatic carbocycles. The van der Waals surface area contributed by atoms with E-state index in [1.165, 1.54) is 18.2 Å². The molecule has 1 aliphatic heterocycles. The van der Waals surface area contributed by atoms with Gasteiger partial charge in [-0.2, -0.15) is 0 Å². The van der Waals surface area contributed by atoms with Gasteiger partial charge < -0.3 is 14.8 Å². The molecule has 0 atom stereocenters. The average Bonchev–Trinajstić information content (AvgIpc) is 3.40. The average molecular weight is 432 g/mol. The van der Waals surface area contributed by atoms with Crippen molar-refractivity contribution in [2.24, 2.45) is 0 Å². The molecule has 1 N–H and O–H groups in total. The van der Waals surface area contributed by atoms with E-state index < -0.39 is 4.92 Å². The van der Waals surface area contributed by atoms with Crippen LogP contribution in [0.1, 0.15) is 31.2 Å². The first-order chi connectivity index (χ1) is 14.5. The van der Waals surface area contributed by atoms with Crippen molar-refractivity contribution in [3.8, 4) is 11.5 Å². The molecule has 0 saturated heterocycles. The fourth-order valence-corrected chi connectivity index (χ4v) is 4.17. The van der Waals surface area contributed by atoms with Gasteiger partial charge in [-0.05, 0) is 36.6 Å². The summed E-state index contributed by atoms with van der Waals surface area (Å²) in [5, 5.41) is 13.8. The Balaban J connectivity index is 1.45. The summed E-state index contributed by atoms with van der Waals surface area (Å²) in [6, 6.07) is 10.2. The monoisotopic (exact) mass is 431 g/mol. The van der Waals surface area contributed by atoms with Gasteiger partial charge in [0.15, 0.2) is 11.5 Å². The molecule has 1 heterocycles. The van der Waals surface area contributed by atoms with Crippen LogP contribution in [0, 0.1) is 10.1 Å². The molecule has 0 aromatic heterocycles. The SMILES string of the molecule is O=C(CN(Cc1ccc2c(c1)OCO2)C1CCCC1)Nc1ccc([N+](=O)[O-])cc1Cl. The van der Waals surface area contributed by atoms with Crippen molar-refractivity contribution in [3.63, 3.8) is 0 Å². The molecule has 0 unspecified atom stereocenters. The molecule has 8 nitrogen and oxygen atoms in total. The number of nitrogens with zero attached hydrogens (tertiary/aromatic N) is 2. The van der Waals surface area contributed by atoms with Crippen LogP contribution in [-0.4, -0.2) is 35.1 Å². The van der Waals surface area contributed by atoms with E-state index in [0.717, 1.165) is 42.7 Å². The molecule has 1 aliphatic carbocycles. The van der Waals surface area contributed by atoms with Gasteiger partial charge >= 0.3 is 0 Å². The number of halogens is 1. The maximum Gasteiger partial charge on any atom is 0.271 e. The molecule has 9 heteroatoms. The van der Waals surface area contributed by atoms with E-state index >= 15 is 0 Å². The molecule has 0 radical (unpaired) electrons. The molecule has 30 heavy (non-hydrogen) atoms. The molecule has 1 fully saturated rings. The highest BCUT2D eigenvalue weighted by Gasteiger charge is 2.25. The van der Waals surface area contributed by atoms with Crippen molar-refractivity contribution in [1.82, 2.24) is 4.90 Å². The van der Waals surface area contributed by atoms with Crippen LogP contribution in [0.3, 0.4) is 0 Å². The van der Waals surface area contributed by atoms with E-state index in [1.807, 2.05) is 18.2 Å². The molecule has 0 bridgehead atoms. The first-order valence-electron chi connectivity index (χ1n) is 9.86. The van der Waals surface area contributed by atoms with Gasteiger partial charge in [0, 0.05) is 24.7 Å². The minimum Gasteiger partial charge on any atom is -0.454 e. The molecule has 1 amide bonds. The van der Waals surface area contributed by atoms with Crippen LogP contribution in [-0.2, 0) is 11.3 Å². The maximum absolute atomic E-state index is 12.7. The summed E-state index contributed by atoms with van der Waals surface area (Å²) < 4.78 is 10.8. The van der Waals surface area contributed by atoms with Gasteiger partial charge in [-0.15, -0.1) is 0 Å². The number of nitro groups is 1. The van der Waals surface area contributed by atoms with Gasteiger partial charge in [0.25, 0.3) is 5.69 Å². The molecule has 2 aliphatic rings. The Morgan fingerprint density at radius 1 is 1.17 bits per heavy atom. The second kappa shape index (κ2) is 8.89. The number of rotatable bonds is 7. The van der Waals surface area contributed by atoms with Crippen molar-refractivity contribution >= 4 is 28.9 Å². The smallest absolute Gasteiger partial charge is 0.271 e. The zero-order chi connectivity index (χ0) is 21.1. The van der Waals surface area contributed by atoms with Crippen LogP contribution in [0.2, 0.25) is 5.02 Å². The second-order valence-electron chi connectivity index (χ2n) is 7.50. The fourth-order valence-electron chi connectivity index (χ4n) is 3.95. The van der Waals surface area contributed by atoms with Gasteiger partial charge in [0.2, 0.25) is 12.7 Å². The molecule has 2 aromatic rings. The van der Waals surface area contributed by atoms with E-state index in [9.17, 15) is 14.9 Å². The Bertz CT molecular complexity index is 962. The van der Waals surface area contributed by atoms with E-state index in [2.05, 4.69) is 10.2 Å². The highest BCUT2D eigenvalue weighted by atomic mass is 35.5. The number of nitro benzene ring substituents is 1. The Hall–Kier alpha value is -2.84. The number of anilines is 1. The summed E-state index contributed by atoms with van der Waals surface area (Å²) >= 11 is 6.11. The number of benzene rings is 2. The minimum absolute atomic E-state index is 0.117. The highest BCUT2D eigenvalue weighted by molar-refractivity contribution is 6.34. The molecule has 1 saturated carbocycles. The number of carbonyl (C=O) groups is 1. The quantitative estimate of drug-likeness (QED) is 0.517. The zero-order valence-corrected chi connectivity index (χ0v) is 17.1. The Kier molecular flexibility index (Phi) is 6.06. The molecular weight excluding hydrogens is 410 g/mol. The van der Waals surface area contributed by atoms with E-state index in [0.29, 0.717) is 18.3 Å². The second-order valence-corrected chi connectivity index (χ2v) is 7.91. The zero-order valence-electron chi connectivity index (χ0n) is 16.3. The lowest BCUT2D eigenvalue weighted by Gasteiger charge is -2.28. The van der Waals surface area contributed by atoms with Crippen molar-refractivity contribution in [2.45, 2.75) is 38.3 Å². The van der Waals surface area contributed by atoms with Crippen molar-refractivity contribution in [3.05, 3.63) is 57.1 Å². The van der Waals surface area contributed by atoms with Crippen molar-refractivity contribution in [2.75, 3.05) is 18.7 Å². The predicted molar refractivity (Wildman–Crippen MR) is 112 cm³/mol. The normalized spacial score (nSPS) is 15.5. The molecule has 158 valence electrons. The van der Waals surface area contributed by atoms with Gasteiger partial charge in [0.05, 0.1) is 22.2 Å². The predicted octanol–water partition coefficient (Wildman–Crippen LogP) is 4.36. The number of hydrogen-bond acceptors (Lipinski definition) is 6. The summed E-state index contributed by atoms with van der Waals surface area (Å²) in [6.07, 6.45) is 4.41. The molecule has 4 rings (SSSR count). The van der Waals surface area contributed by atoms with Crippen LogP contribution >= 0.6 is 11.6 Å². The van der Waals surface area contributed by atoms with Gasteiger partial charge in [-0.1, -0.05) is 30.5 Å². The van der Waals surface area contributed by atoms with Crippen LogP contribution in [0.4, 0.5) is 11.4 Å². The lowest BCUT2D eigenvalue weighted by atomic mass is 10.1. The van der Waals surface area contributed by atoms with E-state index in [-0.39, 0.29) is 30.0 Å². The van der Waals surface area contributed by atoms with Crippen molar-refractivity contribution in [1.29, 1.82) is 0 Å². The maximum atomic E-state index is 12.7. The topological polar surface area (TPSA) is 93.9 Å². The number of nitrogens with one attached hydrogen (secondary N) is 1. The van der Waals surface area contributed by atoms with Crippen LogP contribution < -0.4 is 14.8 Å². The van der Waals surface area contributed by atoms with Crippen molar-refractivity contribution < 1.29 is 19.2 Å². The van der Waals surface area contributed by atoms with Crippen LogP contribution in [0.25, 0.3) is 0 Å². The minimum atomic E-state index is -0.523. The van der Waals surface area contributed by atoms with E-state index in [1.54, 1.807) is 0 Å². The largest absolute Gasteiger partial charge is 0.454 e. The van der Waals surface area contributed by atoms with Gasteiger partial charge in [0.1, 0.15) is 0 Å².